The molecule has 0 unspecified atom stereocenters. The molecule has 0 radical (unpaired) electrons. The Hall–Kier alpha value is -1.28. The molecule has 1 aliphatic heterocycles. The van der Waals surface area contributed by atoms with Crippen LogP contribution in [0.4, 0.5) is 0 Å². The van der Waals surface area contributed by atoms with Gasteiger partial charge in [0, 0.05) is 17.3 Å². The Kier molecular flexibility index (Phi) is 1.86. The van der Waals surface area contributed by atoms with Crippen LogP contribution in [0.5, 0.6) is 0 Å². The fourth-order valence-electron chi connectivity index (χ4n) is 2.81. The Balaban J connectivity index is 2.27. The van der Waals surface area contributed by atoms with E-state index in [1.165, 1.54) is 28.6 Å². The standard InChI is InChI=1S/C13H16N2/c1-8-7-11-10-5-3-4-6-12(10)15-13(11)9(2)14-8/h3-6,8-9,14-15H,7H2,1-2H3/p+1/t8-,9-/m1/s1. The van der Waals surface area contributed by atoms with Gasteiger partial charge in [0.1, 0.15) is 6.04 Å². The Morgan fingerprint density at radius 3 is 2.93 bits per heavy atom. The van der Waals surface area contributed by atoms with Crippen LogP contribution in [0.3, 0.4) is 0 Å². The number of rotatable bonds is 0. The summed E-state index contributed by atoms with van der Waals surface area (Å²) >= 11 is 0. The Bertz CT molecular complexity index is 498. The highest BCUT2D eigenvalue weighted by Gasteiger charge is 2.27. The van der Waals surface area contributed by atoms with Crippen LogP contribution in [0.2, 0.25) is 0 Å². The smallest absolute Gasteiger partial charge is 0.124 e. The second kappa shape index (κ2) is 3.11. The zero-order chi connectivity index (χ0) is 10.4. The molecule has 3 rings (SSSR count). The number of fused-ring (bicyclic) bond motifs is 3. The van der Waals surface area contributed by atoms with Gasteiger partial charge in [0.05, 0.1) is 11.7 Å². The average Bonchev–Trinajstić information content (AvgIpc) is 2.57. The molecule has 1 aliphatic rings. The zero-order valence-electron chi connectivity index (χ0n) is 9.25. The summed E-state index contributed by atoms with van der Waals surface area (Å²) in [6, 6.07) is 9.90. The fourth-order valence-corrected chi connectivity index (χ4v) is 2.81. The van der Waals surface area contributed by atoms with Crippen LogP contribution in [-0.2, 0) is 6.42 Å². The summed E-state index contributed by atoms with van der Waals surface area (Å²) in [5.41, 5.74) is 4.25. The van der Waals surface area contributed by atoms with Crippen molar-refractivity contribution in [2.45, 2.75) is 32.4 Å². The number of H-pyrrole nitrogens is 1. The maximum absolute atomic E-state index is 3.56. The summed E-state index contributed by atoms with van der Waals surface area (Å²) < 4.78 is 0. The normalized spacial score (nSPS) is 25.5. The van der Waals surface area contributed by atoms with Crippen molar-refractivity contribution < 1.29 is 5.32 Å². The summed E-state index contributed by atoms with van der Waals surface area (Å²) in [5, 5.41) is 3.86. The number of aromatic nitrogens is 1. The van der Waals surface area contributed by atoms with E-state index in [0.717, 1.165) is 0 Å². The van der Waals surface area contributed by atoms with Gasteiger partial charge in [-0.3, -0.25) is 0 Å². The van der Waals surface area contributed by atoms with E-state index < -0.39 is 0 Å². The molecule has 0 saturated carbocycles. The third-order valence-electron chi connectivity index (χ3n) is 3.45. The third-order valence-corrected chi connectivity index (χ3v) is 3.45. The second-order valence-corrected chi connectivity index (χ2v) is 4.73. The van der Waals surface area contributed by atoms with Crippen LogP contribution in [0.15, 0.2) is 24.3 Å². The summed E-state index contributed by atoms with van der Waals surface area (Å²) in [6.07, 6.45) is 1.18. The van der Waals surface area contributed by atoms with Crippen LogP contribution in [0, 0.1) is 0 Å². The van der Waals surface area contributed by atoms with Crippen LogP contribution in [0.25, 0.3) is 10.9 Å². The molecule has 1 aromatic heterocycles. The molecule has 0 spiro atoms. The van der Waals surface area contributed by atoms with E-state index in [1.807, 2.05) is 0 Å². The highest BCUT2D eigenvalue weighted by molar-refractivity contribution is 5.84. The van der Waals surface area contributed by atoms with Crippen molar-refractivity contribution in [3.05, 3.63) is 35.5 Å². The quantitative estimate of drug-likeness (QED) is 0.651. The summed E-state index contributed by atoms with van der Waals surface area (Å²) in [5.74, 6) is 0. The Labute approximate surface area is 89.7 Å². The lowest BCUT2D eigenvalue weighted by molar-refractivity contribution is -0.725. The molecule has 3 N–H and O–H groups in total. The predicted molar refractivity (Wildman–Crippen MR) is 61.8 cm³/mol. The summed E-state index contributed by atoms with van der Waals surface area (Å²) in [7, 11) is 0. The summed E-state index contributed by atoms with van der Waals surface area (Å²) in [4.78, 5) is 3.56. The molecule has 2 nitrogen and oxygen atoms in total. The van der Waals surface area contributed by atoms with Gasteiger partial charge in [-0.15, -0.1) is 0 Å². The van der Waals surface area contributed by atoms with Crippen LogP contribution in [-0.4, -0.2) is 11.0 Å². The lowest BCUT2D eigenvalue weighted by atomic mass is 9.96. The molecule has 2 heterocycles. The van der Waals surface area contributed by atoms with Crippen molar-refractivity contribution in [3.63, 3.8) is 0 Å². The molecular weight excluding hydrogens is 184 g/mol. The third kappa shape index (κ3) is 1.29. The van der Waals surface area contributed by atoms with E-state index in [2.05, 4.69) is 48.4 Å². The predicted octanol–water partition coefficient (Wildman–Crippen LogP) is 1.74. The van der Waals surface area contributed by atoms with Gasteiger partial charge >= 0.3 is 0 Å². The minimum absolute atomic E-state index is 0.566. The number of aromatic amines is 1. The molecule has 2 atom stereocenters. The van der Waals surface area contributed by atoms with Crippen molar-refractivity contribution in [3.8, 4) is 0 Å². The van der Waals surface area contributed by atoms with Crippen LogP contribution < -0.4 is 5.32 Å². The largest absolute Gasteiger partial charge is 0.353 e. The number of nitrogens with one attached hydrogen (secondary N) is 1. The first-order valence-electron chi connectivity index (χ1n) is 5.70. The van der Waals surface area contributed by atoms with Gasteiger partial charge in [0.25, 0.3) is 0 Å². The number of para-hydroxylation sites is 1. The molecule has 0 amide bonds. The molecule has 2 aromatic rings. The first-order chi connectivity index (χ1) is 7.25. The number of benzene rings is 1. The lowest BCUT2D eigenvalue weighted by Crippen LogP contribution is -2.91. The first kappa shape index (κ1) is 8.98. The number of hydrogen-bond donors (Lipinski definition) is 2. The molecular formula is C13H17N2+. The van der Waals surface area contributed by atoms with Crippen molar-refractivity contribution in [1.82, 2.24) is 4.98 Å². The molecule has 0 saturated heterocycles. The summed E-state index contributed by atoms with van der Waals surface area (Å²) in [6.45, 7) is 4.59. The maximum Gasteiger partial charge on any atom is 0.124 e. The monoisotopic (exact) mass is 201 g/mol. The zero-order valence-corrected chi connectivity index (χ0v) is 9.25. The van der Waals surface area contributed by atoms with E-state index in [-0.39, 0.29) is 0 Å². The van der Waals surface area contributed by atoms with E-state index in [9.17, 15) is 0 Å². The molecule has 1 aromatic carbocycles. The Morgan fingerprint density at radius 1 is 1.27 bits per heavy atom. The van der Waals surface area contributed by atoms with Crippen LogP contribution >= 0.6 is 0 Å². The van der Waals surface area contributed by atoms with E-state index in [4.69, 9.17) is 0 Å². The van der Waals surface area contributed by atoms with Gasteiger partial charge in [-0.05, 0) is 25.5 Å². The molecule has 78 valence electrons. The van der Waals surface area contributed by atoms with Gasteiger partial charge in [-0.25, -0.2) is 0 Å². The highest BCUT2D eigenvalue weighted by atomic mass is 15.0. The van der Waals surface area contributed by atoms with Crippen molar-refractivity contribution in [2.24, 2.45) is 0 Å². The second-order valence-electron chi connectivity index (χ2n) is 4.73. The SMILES string of the molecule is C[C@@H]1Cc2c([nH]c3ccccc23)[C@@H](C)[NH2+]1. The molecule has 15 heavy (non-hydrogen) atoms. The molecule has 0 aliphatic carbocycles. The number of nitrogens with two attached hydrogens (primary N) is 1. The first-order valence-corrected chi connectivity index (χ1v) is 5.70. The van der Waals surface area contributed by atoms with E-state index in [1.54, 1.807) is 0 Å². The van der Waals surface area contributed by atoms with Crippen molar-refractivity contribution in [2.75, 3.05) is 0 Å². The lowest BCUT2D eigenvalue weighted by Gasteiger charge is -2.23. The fraction of sp³-hybridized carbons (Fsp3) is 0.385. The van der Waals surface area contributed by atoms with Crippen molar-refractivity contribution in [1.29, 1.82) is 0 Å². The van der Waals surface area contributed by atoms with Crippen molar-refractivity contribution >= 4 is 10.9 Å². The minimum Gasteiger partial charge on any atom is -0.353 e. The van der Waals surface area contributed by atoms with E-state index >= 15 is 0 Å². The minimum atomic E-state index is 0.566. The van der Waals surface area contributed by atoms with Gasteiger partial charge < -0.3 is 10.3 Å². The maximum atomic E-state index is 3.56. The van der Waals surface area contributed by atoms with Gasteiger partial charge in [0.2, 0.25) is 0 Å². The number of quaternary nitrogens is 1. The molecule has 0 bridgehead atoms. The average molecular weight is 201 g/mol. The highest BCUT2D eigenvalue weighted by Crippen LogP contribution is 2.28. The Morgan fingerprint density at radius 2 is 2.07 bits per heavy atom. The van der Waals surface area contributed by atoms with E-state index in [0.29, 0.717) is 12.1 Å². The van der Waals surface area contributed by atoms with Gasteiger partial charge in [-0.2, -0.15) is 0 Å². The number of hydrogen-bond acceptors (Lipinski definition) is 0. The van der Waals surface area contributed by atoms with Gasteiger partial charge in [0.15, 0.2) is 0 Å². The molecule has 0 fully saturated rings. The van der Waals surface area contributed by atoms with Gasteiger partial charge in [-0.1, -0.05) is 18.2 Å². The molecule has 2 heteroatoms. The van der Waals surface area contributed by atoms with Crippen LogP contribution in [0.1, 0.15) is 31.1 Å². The topological polar surface area (TPSA) is 32.4 Å².